The monoisotopic (exact) mass is 396 g/mol. The molecule has 1 amide bonds. The number of amides is 1. The molecule has 3 aliphatic carbocycles. The number of aliphatic imine (C=N–C) groups is 1. The zero-order valence-corrected chi connectivity index (χ0v) is 17.9. The van der Waals surface area contributed by atoms with E-state index in [2.05, 4.69) is 23.1 Å². The maximum Gasteiger partial charge on any atom is 0.222 e. The number of carbonyl (C=O) groups is 1. The van der Waals surface area contributed by atoms with Crippen LogP contribution in [-0.2, 0) is 4.79 Å². The Kier molecular flexibility index (Phi) is 5.39. The van der Waals surface area contributed by atoms with Crippen LogP contribution in [0.1, 0.15) is 64.9 Å². The summed E-state index contributed by atoms with van der Waals surface area (Å²) in [5, 5.41) is 3.38. The largest absolute Gasteiger partial charge is 0.350 e. The molecule has 29 heavy (non-hydrogen) atoms. The average molecular weight is 397 g/mol. The molecule has 0 aliphatic heterocycles. The topological polar surface area (TPSA) is 41.5 Å². The highest BCUT2D eigenvalue weighted by Crippen LogP contribution is 2.59. The highest BCUT2D eigenvalue weighted by molar-refractivity contribution is 5.79. The van der Waals surface area contributed by atoms with Crippen molar-refractivity contribution in [2.45, 2.75) is 64.8 Å². The first-order chi connectivity index (χ1) is 13.9. The summed E-state index contributed by atoms with van der Waals surface area (Å²) in [5.41, 5.74) is 2.95. The number of carbonyl (C=O) groups excluding carboxylic acids is 1. The van der Waals surface area contributed by atoms with Gasteiger partial charge in [-0.1, -0.05) is 19.9 Å². The zero-order chi connectivity index (χ0) is 20.8. The normalized spacial score (nSPS) is 30.3. The van der Waals surface area contributed by atoms with Crippen LogP contribution in [-0.4, -0.2) is 18.2 Å². The minimum atomic E-state index is -0.221. The standard InChI is InChI=1S/C25H33FN2O/c1-5-21(22-14-20(26)6-7-23(22)27-4)18-10-16-12-19(13-17(16)11-18)25(8-9-25)28-24(29)15(2)3/h5-7,14-19H,4,8-13H2,1-3H3,(H,28,29)/b21-5-/t16-,17+,18-,19+. The van der Waals surface area contributed by atoms with Crippen LogP contribution in [0.25, 0.3) is 5.57 Å². The van der Waals surface area contributed by atoms with E-state index in [1.807, 2.05) is 20.8 Å². The van der Waals surface area contributed by atoms with Gasteiger partial charge in [-0.2, -0.15) is 0 Å². The van der Waals surface area contributed by atoms with Gasteiger partial charge in [0.25, 0.3) is 0 Å². The van der Waals surface area contributed by atoms with Crippen molar-refractivity contribution in [1.29, 1.82) is 0 Å². The predicted octanol–water partition coefficient (Wildman–Crippen LogP) is 5.92. The van der Waals surface area contributed by atoms with Gasteiger partial charge in [0.1, 0.15) is 5.82 Å². The first-order valence-electron chi connectivity index (χ1n) is 11.1. The fourth-order valence-electron chi connectivity index (χ4n) is 5.97. The fraction of sp³-hybridized carbons (Fsp3) is 0.600. The van der Waals surface area contributed by atoms with E-state index in [9.17, 15) is 9.18 Å². The summed E-state index contributed by atoms with van der Waals surface area (Å²) in [6, 6.07) is 4.79. The Morgan fingerprint density at radius 3 is 2.41 bits per heavy atom. The van der Waals surface area contributed by atoms with Crippen LogP contribution in [0.5, 0.6) is 0 Å². The Morgan fingerprint density at radius 2 is 1.90 bits per heavy atom. The lowest BCUT2D eigenvalue weighted by Crippen LogP contribution is -2.44. The number of hydrogen-bond donors (Lipinski definition) is 1. The summed E-state index contributed by atoms with van der Waals surface area (Å²) in [6.07, 6.45) is 9.15. The van der Waals surface area contributed by atoms with Crippen LogP contribution in [0, 0.1) is 35.4 Å². The predicted molar refractivity (Wildman–Crippen MR) is 117 cm³/mol. The summed E-state index contributed by atoms with van der Waals surface area (Å²) in [7, 11) is 0. The van der Waals surface area contributed by atoms with Crippen molar-refractivity contribution < 1.29 is 9.18 Å². The van der Waals surface area contributed by atoms with E-state index in [0.29, 0.717) is 23.7 Å². The van der Waals surface area contributed by atoms with Gasteiger partial charge in [0.05, 0.1) is 5.69 Å². The minimum absolute atomic E-state index is 0.0499. The molecule has 0 aromatic heterocycles. The van der Waals surface area contributed by atoms with E-state index in [-0.39, 0.29) is 23.2 Å². The van der Waals surface area contributed by atoms with Gasteiger partial charge in [0.2, 0.25) is 5.91 Å². The third kappa shape index (κ3) is 3.78. The van der Waals surface area contributed by atoms with E-state index >= 15 is 0 Å². The van der Waals surface area contributed by atoms with Gasteiger partial charge in [-0.15, -0.1) is 0 Å². The van der Waals surface area contributed by atoms with Crippen LogP contribution >= 0.6 is 0 Å². The first-order valence-corrected chi connectivity index (χ1v) is 11.1. The molecule has 156 valence electrons. The highest BCUT2D eigenvalue weighted by Gasteiger charge is 2.56. The third-order valence-corrected chi connectivity index (χ3v) is 7.67. The number of allylic oxidation sites excluding steroid dienone is 2. The Labute approximate surface area is 173 Å². The Hall–Kier alpha value is -1.97. The Balaban J connectivity index is 1.45. The van der Waals surface area contributed by atoms with Crippen molar-refractivity contribution in [3.63, 3.8) is 0 Å². The van der Waals surface area contributed by atoms with Crippen LogP contribution in [0.4, 0.5) is 10.1 Å². The lowest BCUT2D eigenvalue weighted by molar-refractivity contribution is -0.125. The molecule has 0 heterocycles. The van der Waals surface area contributed by atoms with Crippen molar-refractivity contribution in [1.82, 2.24) is 5.32 Å². The van der Waals surface area contributed by atoms with E-state index < -0.39 is 0 Å². The summed E-state index contributed by atoms with van der Waals surface area (Å²) < 4.78 is 13.9. The molecule has 3 saturated carbocycles. The lowest BCUT2D eigenvalue weighted by atomic mass is 9.85. The molecule has 4 heteroatoms. The number of halogens is 1. The summed E-state index contributed by atoms with van der Waals surface area (Å²) in [4.78, 5) is 16.4. The molecule has 4 atom stereocenters. The zero-order valence-electron chi connectivity index (χ0n) is 17.9. The third-order valence-electron chi connectivity index (χ3n) is 7.67. The van der Waals surface area contributed by atoms with Gasteiger partial charge in [0.15, 0.2) is 0 Å². The van der Waals surface area contributed by atoms with Crippen molar-refractivity contribution in [2.24, 2.45) is 34.6 Å². The molecule has 1 aromatic carbocycles. The van der Waals surface area contributed by atoms with Crippen LogP contribution in [0.15, 0.2) is 29.3 Å². The molecule has 3 nitrogen and oxygen atoms in total. The van der Waals surface area contributed by atoms with E-state index in [4.69, 9.17) is 0 Å². The van der Waals surface area contributed by atoms with Gasteiger partial charge < -0.3 is 5.32 Å². The van der Waals surface area contributed by atoms with E-state index in [1.54, 1.807) is 12.1 Å². The molecule has 1 N–H and O–H groups in total. The smallest absolute Gasteiger partial charge is 0.222 e. The van der Waals surface area contributed by atoms with Crippen molar-refractivity contribution >= 4 is 23.9 Å². The van der Waals surface area contributed by atoms with Crippen molar-refractivity contribution in [3.8, 4) is 0 Å². The van der Waals surface area contributed by atoms with Gasteiger partial charge in [-0.3, -0.25) is 9.79 Å². The summed E-state index contributed by atoms with van der Waals surface area (Å²) in [5.74, 6) is 2.53. The highest BCUT2D eigenvalue weighted by atomic mass is 19.1. The summed E-state index contributed by atoms with van der Waals surface area (Å²) in [6.45, 7) is 9.65. The maximum absolute atomic E-state index is 13.9. The summed E-state index contributed by atoms with van der Waals surface area (Å²) >= 11 is 0. The molecule has 0 radical (unpaired) electrons. The molecule has 0 unspecified atom stereocenters. The molecular weight excluding hydrogens is 363 g/mol. The maximum atomic E-state index is 13.9. The van der Waals surface area contributed by atoms with Crippen molar-refractivity contribution in [3.05, 3.63) is 35.7 Å². The fourth-order valence-corrected chi connectivity index (χ4v) is 5.97. The molecule has 4 rings (SSSR count). The second-order valence-electron chi connectivity index (χ2n) is 9.72. The van der Waals surface area contributed by atoms with Crippen molar-refractivity contribution in [2.75, 3.05) is 0 Å². The Morgan fingerprint density at radius 1 is 1.24 bits per heavy atom. The van der Waals surface area contributed by atoms with E-state index in [1.165, 1.54) is 24.5 Å². The minimum Gasteiger partial charge on any atom is -0.350 e. The molecule has 0 spiro atoms. The van der Waals surface area contributed by atoms with Gasteiger partial charge >= 0.3 is 0 Å². The lowest BCUT2D eigenvalue weighted by Gasteiger charge is -2.27. The molecule has 0 saturated heterocycles. The number of nitrogens with zero attached hydrogens (tertiary/aromatic N) is 1. The van der Waals surface area contributed by atoms with E-state index in [0.717, 1.165) is 36.9 Å². The number of nitrogens with one attached hydrogen (secondary N) is 1. The van der Waals surface area contributed by atoms with Crippen LogP contribution in [0.2, 0.25) is 0 Å². The number of benzene rings is 1. The molecule has 1 aromatic rings. The van der Waals surface area contributed by atoms with Gasteiger partial charge in [-0.05, 0) is 99.6 Å². The number of hydrogen-bond acceptors (Lipinski definition) is 2. The molecular formula is C25H33FN2O. The second-order valence-corrected chi connectivity index (χ2v) is 9.72. The first kappa shape index (κ1) is 20.3. The van der Waals surface area contributed by atoms with Crippen LogP contribution in [0.3, 0.4) is 0 Å². The molecule has 3 aliphatic rings. The molecule has 3 fully saturated rings. The van der Waals surface area contributed by atoms with Gasteiger partial charge in [-0.25, -0.2) is 4.39 Å². The second kappa shape index (κ2) is 7.70. The van der Waals surface area contributed by atoms with Crippen LogP contribution < -0.4 is 5.32 Å². The Bertz CT molecular complexity index is 825. The average Bonchev–Trinajstić information content (AvgIpc) is 3.18. The number of fused-ring (bicyclic) bond motifs is 1. The number of rotatable bonds is 6. The quantitative estimate of drug-likeness (QED) is 0.596. The molecule has 0 bridgehead atoms. The van der Waals surface area contributed by atoms with Gasteiger partial charge in [0, 0.05) is 17.0 Å². The SMILES string of the molecule is C=Nc1ccc(F)cc1/C(=C\C)[C@@H]1C[C@@H]2C[C@H](C3(NC(=O)C(C)C)CC3)C[C@@H]2C1.